The average Bonchev–Trinajstić information content (AvgIpc) is 2.33. The molecule has 1 heterocycles. The second-order valence-electron chi connectivity index (χ2n) is 4.58. The number of hydrogen-bond donors (Lipinski definition) is 1. The van der Waals surface area contributed by atoms with Crippen LogP contribution < -0.4 is 0 Å². The third-order valence-corrected chi connectivity index (χ3v) is 2.98. The van der Waals surface area contributed by atoms with E-state index in [4.69, 9.17) is 14.6 Å². The average molecular weight is 244 g/mol. The first-order valence-corrected chi connectivity index (χ1v) is 6.74. The molecule has 0 aromatic carbocycles. The summed E-state index contributed by atoms with van der Waals surface area (Å²) in [6, 6.07) is 0. The Labute approximate surface area is 103 Å². The van der Waals surface area contributed by atoms with E-state index >= 15 is 0 Å². The first-order valence-electron chi connectivity index (χ1n) is 6.74. The molecule has 1 rings (SSSR count). The van der Waals surface area contributed by atoms with Gasteiger partial charge in [-0.3, -0.25) is 4.79 Å². The largest absolute Gasteiger partial charge is 0.481 e. The smallest absolute Gasteiger partial charge is 0.303 e. The van der Waals surface area contributed by atoms with Crippen molar-refractivity contribution in [3.63, 3.8) is 0 Å². The molecule has 0 radical (unpaired) electrons. The van der Waals surface area contributed by atoms with Crippen LogP contribution in [0.15, 0.2) is 0 Å². The number of hydrogen-bond acceptors (Lipinski definition) is 3. The van der Waals surface area contributed by atoms with Gasteiger partial charge in [-0.1, -0.05) is 19.3 Å². The lowest BCUT2D eigenvalue weighted by molar-refractivity contribution is -0.162. The zero-order chi connectivity index (χ0) is 12.3. The van der Waals surface area contributed by atoms with Crippen molar-refractivity contribution >= 4 is 5.97 Å². The molecule has 1 unspecified atom stereocenters. The number of unbranched alkanes of at least 4 members (excludes halogenated alkanes) is 4. The Morgan fingerprint density at radius 3 is 2.65 bits per heavy atom. The summed E-state index contributed by atoms with van der Waals surface area (Å²) in [5.74, 6) is -0.692. The highest BCUT2D eigenvalue weighted by molar-refractivity contribution is 5.66. The van der Waals surface area contributed by atoms with Crippen LogP contribution in [0.3, 0.4) is 0 Å². The Balaban J connectivity index is 1.79. The Kier molecular flexibility index (Phi) is 8.01. The van der Waals surface area contributed by atoms with E-state index in [1.54, 1.807) is 0 Å². The normalized spacial score (nSPS) is 20.4. The van der Waals surface area contributed by atoms with E-state index in [-0.39, 0.29) is 6.29 Å². The van der Waals surface area contributed by atoms with Crippen molar-refractivity contribution in [3.05, 3.63) is 0 Å². The lowest BCUT2D eigenvalue weighted by Crippen LogP contribution is -2.22. The highest BCUT2D eigenvalue weighted by atomic mass is 16.7. The van der Waals surface area contributed by atoms with Gasteiger partial charge in [-0.05, 0) is 32.1 Å². The first kappa shape index (κ1) is 14.5. The van der Waals surface area contributed by atoms with Crippen molar-refractivity contribution < 1.29 is 19.4 Å². The molecule has 4 heteroatoms. The molecule has 0 aromatic rings. The second kappa shape index (κ2) is 9.42. The molecule has 4 nitrogen and oxygen atoms in total. The second-order valence-corrected chi connectivity index (χ2v) is 4.58. The molecule has 100 valence electrons. The van der Waals surface area contributed by atoms with Gasteiger partial charge in [-0.15, -0.1) is 0 Å². The van der Waals surface area contributed by atoms with E-state index in [1.807, 2.05) is 0 Å². The zero-order valence-electron chi connectivity index (χ0n) is 10.5. The molecule has 0 amide bonds. The van der Waals surface area contributed by atoms with Gasteiger partial charge in [0.05, 0.1) is 0 Å². The summed E-state index contributed by atoms with van der Waals surface area (Å²) in [5.41, 5.74) is 0. The number of rotatable bonds is 9. The van der Waals surface area contributed by atoms with Crippen LogP contribution in [-0.4, -0.2) is 30.6 Å². The molecule has 0 aromatic heterocycles. The molecule has 1 fully saturated rings. The molecule has 1 aliphatic rings. The summed E-state index contributed by atoms with van der Waals surface area (Å²) >= 11 is 0. The quantitative estimate of drug-likeness (QED) is 0.633. The highest BCUT2D eigenvalue weighted by Crippen LogP contribution is 2.14. The van der Waals surface area contributed by atoms with E-state index < -0.39 is 5.97 Å². The van der Waals surface area contributed by atoms with Crippen LogP contribution >= 0.6 is 0 Å². The van der Waals surface area contributed by atoms with E-state index in [9.17, 15) is 4.79 Å². The number of carbonyl (C=O) groups is 1. The third kappa shape index (κ3) is 8.16. The van der Waals surface area contributed by atoms with E-state index in [1.165, 1.54) is 6.42 Å². The van der Waals surface area contributed by atoms with Gasteiger partial charge in [-0.2, -0.15) is 0 Å². The van der Waals surface area contributed by atoms with E-state index in [0.717, 1.165) is 58.2 Å². The van der Waals surface area contributed by atoms with Crippen molar-refractivity contribution in [2.75, 3.05) is 13.2 Å². The van der Waals surface area contributed by atoms with Crippen LogP contribution in [0.1, 0.15) is 57.8 Å². The van der Waals surface area contributed by atoms with Gasteiger partial charge >= 0.3 is 5.97 Å². The lowest BCUT2D eigenvalue weighted by Gasteiger charge is -2.22. The minimum absolute atomic E-state index is 0.0239. The predicted octanol–water partition coefficient (Wildman–Crippen LogP) is 2.95. The van der Waals surface area contributed by atoms with Gasteiger partial charge in [0.2, 0.25) is 0 Å². The molecule has 1 atom stereocenters. The van der Waals surface area contributed by atoms with Gasteiger partial charge < -0.3 is 14.6 Å². The van der Waals surface area contributed by atoms with Gasteiger partial charge in [0.25, 0.3) is 0 Å². The van der Waals surface area contributed by atoms with Crippen molar-refractivity contribution in [2.45, 2.75) is 64.1 Å². The number of ether oxygens (including phenoxy) is 2. The van der Waals surface area contributed by atoms with Gasteiger partial charge in [0, 0.05) is 19.6 Å². The molecule has 17 heavy (non-hydrogen) atoms. The molecule has 1 saturated heterocycles. The van der Waals surface area contributed by atoms with Crippen LogP contribution in [0.25, 0.3) is 0 Å². The first-order chi connectivity index (χ1) is 8.29. The Morgan fingerprint density at radius 1 is 1.18 bits per heavy atom. The Morgan fingerprint density at radius 2 is 1.94 bits per heavy atom. The van der Waals surface area contributed by atoms with E-state index in [0.29, 0.717) is 6.42 Å². The minimum atomic E-state index is -0.692. The van der Waals surface area contributed by atoms with Crippen LogP contribution in [0.4, 0.5) is 0 Å². The molecule has 0 spiro atoms. The summed E-state index contributed by atoms with van der Waals surface area (Å²) in [4.78, 5) is 10.3. The molecular formula is C13H24O4. The summed E-state index contributed by atoms with van der Waals surface area (Å²) in [6.07, 6.45) is 8.78. The highest BCUT2D eigenvalue weighted by Gasteiger charge is 2.13. The van der Waals surface area contributed by atoms with Gasteiger partial charge in [0.15, 0.2) is 6.29 Å². The summed E-state index contributed by atoms with van der Waals surface area (Å²) < 4.78 is 11.1. The number of aliphatic carboxylic acids is 1. The summed E-state index contributed by atoms with van der Waals surface area (Å²) in [7, 11) is 0. The van der Waals surface area contributed by atoms with Crippen molar-refractivity contribution in [3.8, 4) is 0 Å². The Bertz CT molecular complexity index is 200. The standard InChI is InChI=1S/C13H24O4/c14-12(15)8-4-2-1-3-6-10-16-13-9-5-7-11-17-13/h13H,1-11H2,(H,14,15). The summed E-state index contributed by atoms with van der Waals surface area (Å²) in [6.45, 7) is 1.60. The molecule has 0 bridgehead atoms. The number of carboxylic acids is 1. The molecule has 1 aliphatic heterocycles. The SMILES string of the molecule is O=C(O)CCCCCCCOC1CCCCO1. The maximum absolute atomic E-state index is 10.3. The van der Waals surface area contributed by atoms with Crippen LogP contribution in [0.2, 0.25) is 0 Å². The fraction of sp³-hybridized carbons (Fsp3) is 0.923. The molecule has 1 N–H and O–H groups in total. The van der Waals surface area contributed by atoms with E-state index in [2.05, 4.69) is 0 Å². The van der Waals surface area contributed by atoms with Crippen molar-refractivity contribution in [2.24, 2.45) is 0 Å². The molecule has 0 aliphatic carbocycles. The van der Waals surface area contributed by atoms with Crippen LogP contribution in [-0.2, 0) is 14.3 Å². The van der Waals surface area contributed by atoms with Gasteiger partial charge in [-0.25, -0.2) is 0 Å². The lowest BCUT2D eigenvalue weighted by atomic mass is 10.1. The van der Waals surface area contributed by atoms with Crippen LogP contribution in [0.5, 0.6) is 0 Å². The predicted molar refractivity (Wildman–Crippen MR) is 64.9 cm³/mol. The third-order valence-electron chi connectivity index (χ3n) is 2.98. The maximum Gasteiger partial charge on any atom is 0.303 e. The topological polar surface area (TPSA) is 55.8 Å². The number of carboxylic acid groups (broad SMARTS) is 1. The van der Waals surface area contributed by atoms with Crippen molar-refractivity contribution in [1.29, 1.82) is 0 Å². The Hall–Kier alpha value is -0.610. The fourth-order valence-electron chi connectivity index (χ4n) is 1.97. The maximum atomic E-state index is 10.3. The molecular weight excluding hydrogens is 220 g/mol. The zero-order valence-corrected chi connectivity index (χ0v) is 10.5. The summed E-state index contributed by atoms with van der Waals surface area (Å²) in [5, 5.41) is 8.46. The molecule has 0 saturated carbocycles. The van der Waals surface area contributed by atoms with Gasteiger partial charge in [0.1, 0.15) is 0 Å². The fourth-order valence-corrected chi connectivity index (χ4v) is 1.97. The van der Waals surface area contributed by atoms with Crippen LogP contribution in [0, 0.1) is 0 Å². The monoisotopic (exact) mass is 244 g/mol. The minimum Gasteiger partial charge on any atom is -0.481 e. The van der Waals surface area contributed by atoms with Crippen molar-refractivity contribution in [1.82, 2.24) is 0 Å².